The topological polar surface area (TPSA) is 90.2 Å². The molecule has 17 heavy (non-hydrogen) atoms. The first-order chi connectivity index (χ1) is 7.57. The van der Waals surface area contributed by atoms with Gasteiger partial charge in [0.25, 0.3) is 5.69 Å². The van der Waals surface area contributed by atoms with Crippen LogP contribution in [0, 0.1) is 17.0 Å². The number of aromatic nitrogens is 1. The van der Waals surface area contributed by atoms with Gasteiger partial charge in [-0.1, -0.05) is 0 Å². The van der Waals surface area contributed by atoms with Gasteiger partial charge >= 0.3 is 0 Å². The van der Waals surface area contributed by atoms with Crippen molar-refractivity contribution in [2.75, 3.05) is 6.26 Å². The lowest BCUT2D eigenvalue weighted by Crippen LogP contribution is -2.29. The molecule has 94 valence electrons. The van der Waals surface area contributed by atoms with E-state index in [1.165, 1.54) is 19.9 Å². The molecule has 0 fully saturated rings. The maximum absolute atomic E-state index is 11.6. The molecule has 0 N–H and O–H groups in total. The number of nitro groups is 1. The molecule has 0 radical (unpaired) electrons. The molecule has 6 nitrogen and oxygen atoms in total. The van der Waals surface area contributed by atoms with E-state index >= 15 is 0 Å². The number of aryl methyl sites for hydroxylation is 1. The van der Waals surface area contributed by atoms with Crippen molar-refractivity contribution in [3.05, 3.63) is 33.6 Å². The standard InChI is InChI=1S/C10H14N2O4S/c1-7-5-9(10(2,3)17(4,15)16)11-6-8(7)12(13)14/h5-6H,1-4H3. The quantitative estimate of drug-likeness (QED) is 0.606. The third-order valence-electron chi connectivity index (χ3n) is 2.82. The lowest BCUT2D eigenvalue weighted by atomic mass is 10.1. The number of rotatable bonds is 3. The van der Waals surface area contributed by atoms with Crippen molar-refractivity contribution in [1.82, 2.24) is 4.98 Å². The monoisotopic (exact) mass is 258 g/mol. The number of pyridine rings is 1. The van der Waals surface area contributed by atoms with Crippen LogP contribution < -0.4 is 0 Å². The highest BCUT2D eigenvalue weighted by molar-refractivity contribution is 7.91. The van der Waals surface area contributed by atoms with E-state index in [0.717, 1.165) is 12.5 Å². The zero-order chi connectivity index (χ0) is 13.4. The molecule has 0 saturated carbocycles. The maximum atomic E-state index is 11.6. The summed E-state index contributed by atoms with van der Waals surface area (Å²) >= 11 is 0. The van der Waals surface area contributed by atoms with Crippen LogP contribution in [0.3, 0.4) is 0 Å². The van der Waals surface area contributed by atoms with Gasteiger partial charge < -0.3 is 0 Å². The second kappa shape index (κ2) is 4.06. The summed E-state index contributed by atoms with van der Waals surface area (Å²) in [5, 5.41) is 10.6. The number of sulfone groups is 1. The molecule has 1 aromatic heterocycles. The minimum atomic E-state index is -3.34. The third kappa shape index (κ3) is 2.44. The fourth-order valence-corrected chi connectivity index (χ4v) is 1.75. The first-order valence-corrected chi connectivity index (χ1v) is 6.77. The first kappa shape index (κ1) is 13.6. The second-order valence-electron chi connectivity index (χ2n) is 4.40. The van der Waals surface area contributed by atoms with E-state index in [9.17, 15) is 18.5 Å². The fourth-order valence-electron chi connectivity index (χ4n) is 1.26. The number of hydrogen-bond donors (Lipinski definition) is 0. The van der Waals surface area contributed by atoms with E-state index < -0.39 is 19.5 Å². The van der Waals surface area contributed by atoms with Gasteiger partial charge in [0.1, 0.15) is 10.9 Å². The highest BCUT2D eigenvalue weighted by atomic mass is 32.2. The molecule has 0 aliphatic heterocycles. The summed E-state index contributed by atoms with van der Waals surface area (Å²) in [6.45, 7) is 4.60. The van der Waals surface area contributed by atoms with Gasteiger partial charge in [0.2, 0.25) is 0 Å². The van der Waals surface area contributed by atoms with E-state index in [1.54, 1.807) is 6.92 Å². The molecule has 1 heterocycles. The smallest absolute Gasteiger partial charge is 0.258 e. The number of nitrogens with zero attached hydrogens (tertiary/aromatic N) is 2. The van der Waals surface area contributed by atoms with Gasteiger partial charge in [0, 0.05) is 11.8 Å². The average molecular weight is 258 g/mol. The predicted octanol–water partition coefficient (Wildman–Crippen LogP) is 1.58. The SMILES string of the molecule is Cc1cc(C(C)(C)S(C)(=O)=O)ncc1[N+](=O)[O-]. The van der Waals surface area contributed by atoms with Crippen LogP contribution in [-0.2, 0) is 14.6 Å². The molecular formula is C10H14N2O4S. The summed E-state index contributed by atoms with van der Waals surface area (Å²) < 4.78 is 22.1. The Balaban J connectivity index is 3.38. The molecule has 0 spiro atoms. The summed E-state index contributed by atoms with van der Waals surface area (Å²) in [7, 11) is -3.34. The Morgan fingerprint density at radius 2 is 1.94 bits per heavy atom. The molecule has 1 aromatic rings. The average Bonchev–Trinajstić information content (AvgIpc) is 2.14. The summed E-state index contributed by atoms with van der Waals surface area (Å²) in [6.07, 6.45) is 2.21. The molecule has 0 amide bonds. The molecule has 0 unspecified atom stereocenters. The van der Waals surface area contributed by atoms with Crippen molar-refractivity contribution in [3.8, 4) is 0 Å². The van der Waals surface area contributed by atoms with Crippen molar-refractivity contribution in [2.24, 2.45) is 0 Å². The van der Waals surface area contributed by atoms with Gasteiger partial charge in [0.15, 0.2) is 9.84 Å². The van der Waals surface area contributed by atoms with E-state index in [4.69, 9.17) is 0 Å². The van der Waals surface area contributed by atoms with Crippen LogP contribution in [0.4, 0.5) is 5.69 Å². The summed E-state index contributed by atoms with van der Waals surface area (Å²) in [4.78, 5) is 14.0. The Hall–Kier alpha value is -1.50. The minimum absolute atomic E-state index is 0.113. The Labute approximate surface area is 99.8 Å². The van der Waals surface area contributed by atoms with Crippen molar-refractivity contribution in [2.45, 2.75) is 25.5 Å². The van der Waals surface area contributed by atoms with Crippen molar-refractivity contribution < 1.29 is 13.3 Å². The molecule has 0 aromatic carbocycles. The van der Waals surface area contributed by atoms with Crippen LogP contribution in [0.25, 0.3) is 0 Å². The van der Waals surface area contributed by atoms with E-state index in [-0.39, 0.29) is 5.69 Å². The Kier molecular flexibility index (Phi) is 3.24. The molecule has 0 saturated heterocycles. The fraction of sp³-hybridized carbons (Fsp3) is 0.500. The largest absolute Gasteiger partial charge is 0.290 e. The van der Waals surface area contributed by atoms with Gasteiger partial charge in [0.05, 0.1) is 10.6 Å². The molecular weight excluding hydrogens is 244 g/mol. The van der Waals surface area contributed by atoms with Crippen molar-refractivity contribution in [1.29, 1.82) is 0 Å². The molecule has 0 atom stereocenters. The Morgan fingerprint density at radius 3 is 2.29 bits per heavy atom. The number of hydrogen-bond acceptors (Lipinski definition) is 5. The highest BCUT2D eigenvalue weighted by Gasteiger charge is 2.34. The normalized spacial score (nSPS) is 12.5. The predicted molar refractivity (Wildman–Crippen MR) is 63.5 cm³/mol. The van der Waals surface area contributed by atoms with Gasteiger partial charge in [-0.2, -0.15) is 0 Å². The van der Waals surface area contributed by atoms with Crippen molar-refractivity contribution in [3.63, 3.8) is 0 Å². The van der Waals surface area contributed by atoms with Crippen LogP contribution in [-0.4, -0.2) is 24.6 Å². The van der Waals surface area contributed by atoms with Crippen LogP contribution in [0.2, 0.25) is 0 Å². The van der Waals surface area contributed by atoms with Gasteiger partial charge in [-0.15, -0.1) is 0 Å². The molecule has 0 aliphatic rings. The molecule has 1 rings (SSSR count). The first-order valence-electron chi connectivity index (χ1n) is 4.88. The van der Waals surface area contributed by atoms with Crippen molar-refractivity contribution >= 4 is 15.5 Å². The molecule has 0 bridgehead atoms. The van der Waals surface area contributed by atoms with Crippen LogP contribution >= 0.6 is 0 Å². The lowest BCUT2D eigenvalue weighted by molar-refractivity contribution is -0.385. The lowest BCUT2D eigenvalue weighted by Gasteiger charge is -2.21. The van der Waals surface area contributed by atoms with Gasteiger partial charge in [-0.05, 0) is 26.8 Å². The maximum Gasteiger partial charge on any atom is 0.290 e. The van der Waals surface area contributed by atoms with E-state index in [1.807, 2.05) is 0 Å². The summed E-state index contributed by atoms with van der Waals surface area (Å²) in [6, 6.07) is 1.44. The minimum Gasteiger partial charge on any atom is -0.258 e. The highest BCUT2D eigenvalue weighted by Crippen LogP contribution is 2.29. The van der Waals surface area contributed by atoms with E-state index in [0.29, 0.717) is 11.3 Å². The zero-order valence-corrected chi connectivity index (χ0v) is 10.9. The van der Waals surface area contributed by atoms with Gasteiger partial charge in [-0.25, -0.2) is 8.42 Å². The molecule has 7 heteroatoms. The summed E-state index contributed by atoms with van der Waals surface area (Å²) in [5.74, 6) is 0. The third-order valence-corrected chi connectivity index (χ3v) is 4.89. The zero-order valence-electron chi connectivity index (χ0n) is 10.1. The summed E-state index contributed by atoms with van der Waals surface area (Å²) in [5.41, 5.74) is 0.595. The Bertz CT molecular complexity index is 564. The molecule has 0 aliphatic carbocycles. The van der Waals surface area contributed by atoms with Crippen LogP contribution in [0.5, 0.6) is 0 Å². The van der Waals surface area contributed by atoms with Gasteiger partial charge in [-0.3, -0.25) is 15.1 Å². The van der Waals surface area contributed by atoms with Crippen LogP contribution in [0.15, 0.2) is 12.3 Å². The van der Waals surface area contributed by atoms with Crippen LogP contribution in [0.1, 0.15) is 25.1 Å². The Morgan fingerprint density at radius 1 is 1.41 bits per heavy atom. The van der Waals surface area contributed by atoms with E-state index in [2.05, 4.69) is 4.98 Å². The second-order valence-corrected chi connectivity index (χ2v) is 6.96.